The summed E-state index contributed by atoms with van der Waals surface area (Å²) in [6.07, 6.45) is 2.90. The number of rotatable bonds is 7. The number of methoxy groups -OCH3 is 1. The first-order valence-corrected chi connectivity index (χ1v) is 7.69. The van der Waals surface area contributed by atoms with E-state index >= 15 is 0 Å². The summed E-state index contributed by atoms with van der Waals surface area (Å²) in [5.74, 6) is -1.11. The molecule has 0 saturated heterocycles. The second-order valence-corrected chi connectivity index (χ2v) is 5.46. The largest absolute Gasteiger partial charge is 0.496 e. The Labute approximate surface area is 140 Å². The fourth-order valence-corrected chi connectivity index (χ4v) is 2.34. The van der Waals surface area contributed by atoms with Gasteiger partial charge in [0.05, 0.1) is 13.2 Å². The molecule has 0 amide bonds. The van der Waals surface area contributed by atoms with E-state index in [0.717, 1.165) is 23.4 Å². The first-order valence-electron chi connectivity index (χ1n) is 7.69. The van der Waals surface area contributed by atoms with E-state index in [0.29, 0.717) is 12.1 Å². The second kappa shape index (κ2) is 8.57. The van der Waals surface area contributed by atoms with Crippen LogP contribution in [0.3, 0.4) is 0 Å². The number of aliphatic hydroxyl groups excluding tert-OH is 1. The molecule has 0 aromatic heterocycles. The molecule has 0 radical (unpaired) electrons. The molecule has 3 nitrogen and oxygen atoms in total. The zero-order valence-corrected chi connectivity index (χ0v) is 13.7. The van der Waals surface area contributed by atoms with Crippen molar-refractivity contribution in [3.05, 3.63) is 71.3 Å². The first-order chi connectivity index (χ1) is 11.5. The first kappa shape index (κ1) is 18.1. The van der Waals surface area contributed by atoms with Crippen LogP contribution >= 0.6 is 0 Å². The Hall–Kier alpha value is -2.24. The van der Waals surface area contributed by atoms with Crippen molar-refractivity contribution in [1.82, 2.24) is 5.32 Å². The highest BCUT2D eigenvalue weighted by Crippen LogP contribution is 2.20. The normalized spacial score (nSPS) is 13.9. The van der Waals surface area contributed by atoms with Gasteiger partial charge >= 0.3 is 0 Å². The molecule has 5 heteroatoms. The predicted octanol–water partition coefficient (Wildman–Crippen LogP) is 3.70. The second-order valence-electron chi connectivity index (χ2n) is 5.46. The van der Waals surface area contributed by atoms with Gasteiger partial charge in [-0.3, -0.25) is 0 Å². The number of halogens is 2. The maximum Gasteiger partial charge on any atom is 0.159 e. The number of para-hydroxylation sites is 1. The topological polar surface area (TPSA) is 41.5 Å². The average molecular weight is 333 g/mol. The van der Waals surface area contributed by atoms with E-state index < -0.39 is 17.7 Å². The van der Waals surface area contributed by atoms with Crippen molar-refractivity contribution in [3.63, 3.8) is 0 Å². The lowest BCUT2D eigenvalue weighted by Crippen LogP contribution is -2.32. The molecule has 0 bridgehead atoms. The molecule has 0 saturated carbocycles. The molecule has 2 unspecified atom stereocenters. The third kappa shape index (κ3) is 4.63. The van der Waals surface area contributed by atoms with Crippen molar-refractivity contribution < 1.29 is 18.6 Å². The highest BCUT2D eigenvalue weighted by molar-refractivity contribution is 5.57. The molecule has 2 aromatic carbocycles. The maximum absolute atomic E-state index is 13.2. The number of hydrogen-bond donors (Lipinski definition) is 2. The van der Waals surface area contributed by atoms with E-state index in [1.165, 1.54) is 6.07 Å². The van der Waals surface area contributed by atoms with Crippen LogP contribution in [-0.4, -0.2) is 24.8 Å². The molecule has 128 valence electrons. The third-order valence-corrected chi connectivity index (χ3v) is 3.75. The van der Waals surface area contributed by atoms with Gasteiger partial charge in [-0.05, 0) is 30.7 Å². The van der Waals surface area contributed by atoms with Crippen molar-refractivity contribution in [2.24, 2.45) is 0 Å². The SMILES string of the molecule is COc1ccccc1C=CCNC(C)C(O)c1ccc(F)c(F)c1. The van der Waals surface area contributed by atoms with Gasteiger partial charge in [-0.1, -0.05) is 36.4 Å². The van der Waals surface area contributed by atoms with Gasteiger partial charge in [0.15, 0.2) is 11.6 Å². The quantitative estimate of drug-likeness (QED) is 0.812. The number of aliphatic hydroxyl groups is 1. The number of benzene rings is 2. The molecule has 0 aliphatic rings. The van der Waals surface area contributed by atoms with Crippen LogP contribution < -0.4 is 10.1 Å². The third-order valence-electron chi connectivity index (χ3n) is 3.75. The minimum atomic E-state index is -0.963. The van der Waals surface area contributed by atoms with Gasteiger partial charge in [0.1, 0.15) is 5.75 Å². The molecule has 2 atom stereocenters. The lowest BCUT2D eigenvalue weighted by molar-refractivity contribution is 0.137. The zero-order valence-electron chi connectivity index (χ0n) is 13.7. The Bertz CT molecular complexity index is 704. The van der Waals surface area contributed by atoms with Gasteiger partial charge in [-0.25, -0.2) is 8.78 Å². The highest BCUT2D eigenvalue weighted by Gasteiger charge is 2.17. The maximum atomic E-state index is 13.2. The highest BCUT2D eigenvalue weighted by atomic mass is 19.2. The van der Waals surface area contributed by atoms with E-state index in [1.54, 1.807) is 14.0 Å². The Morgan fingerprint density at radius 2 is 1.92 bits per heavy atom. The summed E-state index contributed by atoms with van der Waals surface area (Å²) < 4.78 is 31.4. The fraction of sp³-hybridized carbons (Fsp3) is 0.263. The molecule has 0 aliphatic heterocycles. The summed E-state index contributed by atoms with van der Waals surface area (Å²) in [4.78, 5) is 0. The summed E-state index contributed by atoms with van der Waals surface area (Å²) in [6.45, 7) is 2.29. The molecular formula is C19H21F2NO2. The van der Waals surface area contributed by atoms with Gasteiger partial charge in [0, 0.05) is 18.2 Å². The van der Waals surface area contributed by atoms with Crippen molar-refractivity contribution in [2.75, 3.05) is 13.7 Å². The zero-order chi connectivity index (χ0) is 17.5. The summed E-state index contributed by atoms with van der Waals surface area (Å²) in [6, 6.07) is 10.7. The lowest BCUT2D eigenvalue weighted by atomic mass is 10.0. The van der Waals surface area contributed by atoms with Crippen LogP contribution in [0, 0.1) is 11.6 Å². The van der Waals surface area contributed by atoms with Gasteiger partial charge in [-0.2, -0.15) is 0 Å². The smallest absolute Gasteiger partial charge is 0.159 e. The molecule has 2 N–H and O–H groups in total. The monoisotopic (exact) mass is 333 g/mol. The van der Waals surface area contributed by atoms with E-state index in [-0.39, 0.29) is 6.04 Å². The summed E-state index contributed by atoms with van der Waals surface area (Å²) in [5.41, 5.74) is 1.29. The number of ether oxygens (including phenoxy) is 1. The van der Waals surface area contributed by atoms with Crippen LogP contribution in [0.2, 0.25) is 0 Å². The van der Waals surface area contributed by atoms with Crippen molar-refractivity contribution in [3.8, 4) is 5.75 Å². The Morgan fingerprint density at radius 3 is 2.62 bits per heavy atom. The molecule has 0 spiro atoms. The average Bonchev–Trinajstić information content (AvgIpc) is 2.60. The Balaban J connectivity index is 1.91. The van der Waals surface area contributed by atoms with Crippen LogP contribution in [0.25, 0.3) is 6.08 Å². The fourth-order valence-electron chi connectivity index (χ4n) is 2.34. The summed E-state index contributed by atoms with van der Waals surface area (Å²) >= 11 is 0. The van der Waals surface area contributed by atoms with Crippen LogP contribution in [0.5, 0.6) is 5.75 Å². The number of nitrogens with one attached hydrogen (secondary N) is 1. The molecule has 24 heavy (non-hydrogen) atoms. The molecule has 0 aliphatic carbocycles. The van der Waals surface area contributed by atoms with E-state index in [4.69, 9.17) is 4.74 Å². The van der Waals surface area contributed by atoms with E-state index in [1.807, 2.05) is 36.4 Å². The number of hydrogen-bond acceptors (Lipinski definition) is 3. The molecule has 2 aromatic rings. The minimum Gasteiger partial charge on any atom is -0.496 e. The molecular weight excluding hydrogens is 312 g/mol. The van der Waals surface area contributed by atoms with Crippen molar-refractivity contribution in [2.45, 2.75) is 19.1 Å². The van der Waals surface area contributed by atoms with Crippen molar-refractivity contribution >= 4 is 6.08 Å². The van der Waals surface area contributed by atoms with Crippen LogP contribution in [0.1, 0.15) is 24.2 Å². The predicted molar refractivity (Wildman–Crippen MR) is 90.8 cm³/mol. The Kier molecular flexibility index (Phi) is 6.46. The summed E-state index contributed by atoms with van der Waals surface area (Å²) in [5, 5.41) is 13.3. The van der Waals surface area contributed by atoms with Gasteiger partial charge < -0.3 is 15.2 Å². The van der Waals surface area contributed by atoms with Crippen LogP contribution in [0.15, 0.2) is 48.5 Å². The van der Waals surface area contributed by atoms with Crippen LogP contribution in [0.4, 0.5) is 8.78 Å². The van der Waals surface area contributed by atoms with Crippen LogP contribution in [-0.2, 0) is 0 Å². The molecule has 2 rings (SSSR count). The lowest BCUT2D eigenvalue weighted by Gasteiger charge is -2.20. The van der Waals surface area contributed by atoms with Gasteiger partial charge in [0.25, 0.3) is 0 Å². The van der Waals surface area contributed by atoms with E-state index in [9.17, 15) is 13.9 Å². The molecule has 0 heterocycles. The standard InChI is InChI=1S/C19H21F2NO2/c1-13(19(23)15-9-10-16(20)17(21)12-15)22-11-5-7-14-6-3-4-8-18(14)24-2/h3-10,12-13,19,22-23H,11H2,1-2H3. The van der Waals surface area contributed by atoms with E-state index in [2.05, 4.69) is 5.32 Å². The molecule has 0 fully saturated rings. The summed E-state index contributed by atoms with van der Waals surface area (Å²) in [7, 11) is 1.62. The van der Waals surface area contributed by atoms with Gasteiger partial charge in [-0.15, -0.1) is 0 Å². The Morgan fingerprint density at radius 1 is 1.17 bits per heavy atom. The minimum absolute atomic E-state index is 0.322. The van der Waals surface area contributed by atoms with Gasteiger partial charge in [0.2, 0.25) is 0 Å². The van der Waals surface area contributed by atoms with Crippen molar-refractivity contribution in [1.29, 1.82) is 0 Å².